The van der Waals surface area contributed by atoms with Crippen LogP contribution in [-0.2, 0) is 0 Å². The van der Waals surface area contributed by atoms with Crippen LogP contribution in [0.2, 0.25) is 5.02 Å². The van der Waals surface area contributed by atoms with Gasteiger partial charge in [0.25, 0.3) is 5.91 Å². The Balaban J connectivity index is 2.86. The van der Waals surface area contributed by atoms with Gasteiger partial charge in [-0.2, -0.15) is 0 Å². The quantitative estimate of drug-likeness (QED) is 0.504. The van der Waals surface area contributed by atoms with Gasteiger partial charge in [-0.15, -0.1) is 0 Å². The summed E-state index contributed by atoms with van der Waals surface area (Å²) in [7, 11) is 0. The molecule has 5 heteroatoms. The molecule has 1 aromatic carbocycles. The third-order valence-corrected chi connectivity index (χ3v) is 3.27. The van der Waals surface area contributed by atoms with Gasteiger partial charge in [-0.05, 0) is 36.6 Å². The highest BCUT2D eigenvalue weighted by Gasteiger charge is 2.15. The summed E-state index contributed by atoms with van der Waals surface area (Å²) in [6.45, 7) is 5.99. The van der Waals surface area contributed by atoms with E-state index >= 15 is 0 Å². The number of amides is 1. The van der Waals surface area contributed by atoms with E-state index in [9.17, 15) is 4.79 Å². The molecule has 2 aromatic rings. The monoisotopic (exact) mass is 277 g/mol. The maximum absolute atomic E-state index is 11.9. The average molecular weight is 278 g/mol. The molecule has 0 fully saturated rings. The van der Waals surface area contributed by atoms with Crippen LogP contribution in [0.3, 0.4) is 0 Å². The number of hydrazine groups is 1. The van der Waals surface area contributed by atoms with Crippen molar-refractivity contribution in [2.24, 2.45) is 5.84 Å². The van der Waals surface area contributed by atoms with Crippen LogP contribution in [-0.4, -0.2) is 10.9 Å². The zero-order chi connectivity index (χ0) is 14.2. The minimum Gasteiger partial charge on any atom is -0.290 e. The zero-order valence-corrected chi connectivity index (χ0v) is 11.9. The molecule has 0 saturated heterocycles. The Labute approximate surface area is 116 Å². The van der Waals surface area contributed by atoms with E-state index in [0.717, 1.165) is 22.2 Å². The van der Waals surface area contributed by atoms with Gasteiger partial charge in [-0.3, -0.25) is 15.2 Å². The number of fused-ring (bicyclic) bond motifs is 1. The van der Waals surface area contributed by atoms with Crippen molar-refractivity contribution in [2.45, 2.75) is 26.7 Å². The lowest BCUT2D eigenvalue weighted by atomic mass is 10.0. The summed E-state index contributed by atoms with van der Waals surface area (Å²) >= 11 is 6.06. The molecule has 0 aliphatic rings. The second-order valence-corrected chi connectivity index (χ2v) is 5.28. The van der Waals surface area contributed by atoms with E-state index in [4.69, 9.17) is 17.4 Å². The third-order valence-electron chi connectivity index (χ3n) is 3.06. The van der Waals surface area contributed by atoms with Crippen molar-refractivity contribution < 1.29 is 4.79 Å². The molecule has 4 nitrogen and oxygen atoms in total. The van der Waals surface area contributed by atoms with Gasteiger partial charge in [-0.25, -0.2) is 5.84 Å². The van der Waals surface area contributed by atoms with Crippen LogP contribution in [0.5, 0.6) is 0 Å². The summed E-state index contributed by atoms with van der Waals surface area (Å²) in [5.74, 6) is 5.13. The van der Waals surface area contributed by atoms with Gasteiger partial charge in [0, 0.05) is 16.1 Å². The van der Waals surface area contributed by atoms with Crippen LogP contribution in [0.4, 0.5) is 0 Å². The van der Waals surface area contributed by atoms with Gasteiger partial charge >= 0.3 is 0 Å². The molecule has 0 aliphatic carbocycles. The van der Waals surface area contributed by atoms with E-state index in [1.54, 1.807) is 12.1 Å². The number of aromatic nitrogens is 1. The highest BCUT2D eigenvalue weighted by molar-refractivity contribution is 6.31. The van der Waals surface area contributed by atoms with Gasteiger partial charge in [0.1, 0.15) is 0 Å². The molecule has 0 atom stereocenters. The summed E-state index contributed by atoms with van der Waals surface area (Å²) in [5, 5.41) is 1.30. The van der Waals surface area contributed by atoms with Gasteiger partial charge in [-0.1, -0.05) is 25.4 Å². The Hall–Kier alpha value is -1.65. The topological polar surface area (TPSA) is 68.0 Å². The fraction of sp³-hybridized carbons (Fsp3) is 0.286. The molecule has 1 amide bonds. The largest absolute Gasteiger partial charge is 0.290 e. The molecule has 0 bridgehead atoms. The Morgan fingerprint density at radius 1 is 1.37 bits per heavy atom. The van der Waals surface area contributed by atoms with E-state index in [2.05, 4.69) is 10.4 Å². The molecule has 0 radical (unpaired) electrons. The SMILES string of the molecule is Cc1cc(Cl)cc2c(C(=O)NN)cc(C(C)C)nc12. The molecule has 0 aliphatic heterocycles. The first-order valence-electron chi connectivity index (χ1n) is 6.05. The van der Waals surface area contributed by atoms with Crippen LogP contribution >= 0.6 is 11.6 Å². The Morgan fingerprint density at radius 3 is 2.63 bits per heavy atom. The number of benzene rings is 1. The molecule has 0 saturated carbocycles. The molecule has 100 valence electrons. The number of halogens is 1. The number of rotatable bonds is 2. The first-order chi connectivity index (χ1) is 8.93. The van der Waals surface area contributed by atoms with E-state index < -0.39 is 0 Å². The van der Waals surface area contributed by atoms with Crippen molar-refractivity contribution in [1.29, 1.82) is 0 Å². The highest BCUT2D eigenvalue weighted by Crippen LogP contribution is 2.27. The van der Waals surface area contributed by atoms with Crippen LogP contribution in [0, 0.1) is 6.92 Å². The number of nitrogens with one attached hydrogen (secondary N) is 1. The Morgan fingerprint density at radius 2 is 2.05 bits per heavy atom. The zero-order valence-electron chi connectivity index (χ0n) is 11.1. The third kappa shape index (κ3) is 2.55. The van der Waals surface area contributed by atoms with Crippen molar-refractivity contribution in [3.05, 3.63) is 40.0 Å². The number of nitrogens with zero attached hydrogens (tertiary/aromatic N) is 1. The standard InChI is InChI=1S/C14H16ClN3O/c1-7(2)12-6-11(14(19)18-16)10-5-9(15)4-8(3)13(10)17-12/h4-7H,16H2,1-3H3,(H,18,19). The minimum atomic E-state index is -0.337. The van der Waals surface area contributed by atoms with Gasteiger partial charge < -0.3 is 0 Å². The lowest BCUT2D eigenvalue weighted by Crippen LogP contribution is -2.30. The van der Waals surface area contributed by atoms with Crippen molar-refractivity contribution in [3.63, 3.8) is 0 Å². The predicted octanol–water partition coefficient (Wildman–Crippen LogP) is 2.92. The van der Waals surface area contributed by atoms with E-state index in [1.165, 1.54) is 0 Å². The number of pyridine rings is 1. The molecule has 1 heterocycles. The number of hydrogen-bond acceptors (Lipinski definition) is 3. The van der Waals surface area contributed by atoms with Crippen molar-refractivity contribution >= 4 is 28.4 Å². The Bertz CT molecular complexity index is 653. The summed E-state index contributed by atoms with van der Waals surface area (Å²) < 4.78 is 0. The van der Waals surface area contributed by atoms with Crippen molar-refractivity contribution in [1.82, 2.24) is 10.4 Å². The fourth-order valence-electron chi connectivity index (χ4n) is 2.04. The maximum Gasteiger partial charge on any atom is 0.265 e. The number of carbonyl (C=O) groups is 1. The van der Waals surface area contributed by atoms with Gasteiger partial charge in [0.15, 0.2) is 0 Å². The molecule has 3 N–H and O–H groups in total. The number of nitrogen functional groups attached to an aromatic ring is 1. The molecule has 2 rings (SSSR count). The van der Waals surface area contributed by atoms with Crippen molar-refractivity contribution in [3.8, 4) is 0 Å². The smallest absolute Gasteiger partial charge is 0.265 e. The Kier molecular flexibility index (Phi) is 3.73. The lowest BCUT2D eigenvalue weighted by Gasteiger charge is -2.12. The van der Waals surface area contributed by atoms with Crippen LogP contribution in [0.15, 0.2) is 18.2 Å². The number of hydrogen-bond donors (Lipinski definition) is 2. The highest BCUT2D eigenvalue weighted by atomic mass is 35.5. The minimum absolute atomic E-state index is 0.226. The molecular formula is C14H16ClN3O. The van der Waals surface area contributed by atoms with Crippen molar-refractivity contribution in [2.75, 3.05) is 0 Å². The molecule has 0 spiro atoms. The van der Waals surface area contributed by atoms with E-state index in [0.29, 0.717) is 10.6 Å². The lowest BCUT2D eigenvalue weighted by molar-refractivity contribution is 0.0955. The average Bonchev–Trinajstić information content (AvgIpc) is 2.36. The summed E-state index contributed by atoms with van der Waals surface area (Å²) in [6.07, 6.45) is 0. The van der Waals surface area contributed by atoms with Crippen LogP contribution in [0.25, 0.3) is 10.9 Å². The number of nitrogens with two attached hydrogens (primary N) is 1. The number of aryl methyl sites for hydroxylation is 1. The predicted molar refractivity (Wildman–Crippen MR) is 77.2 cm³/mol. The van der Waals surface area contributed by atoms with E-state index in [1.807, 2.05) is 26.8 Å². The number of carbonyl (C=O) groups excluding carboxylic acids is 1. The summed E-state index contributed by atoms with van der Waals surface area (Å²) in [6, 6.07) is 5.35. The normalized spacial score (nSPS) is 11.1. The fourth-order valence-corrected chi connectivity index (χ4v) is 2.31. The summed E-state index contributed by atoms with van der Waals surface area (Å²) in [4.78, 5) is 16.5. The summed E-state index contributed by atoms with van der Waals surface area (Å²) in [5.41, 5.74) is 5.26. The van der Waals surface area contributed by atoms with E-state index in [-0.39, 0.29) is 11.8 Å². The molecule has 0 unspecified atom stereocenters. The van der Waals surface area contributed by atoms with Crippen LogP contribution in [0.1, 0.15) is 41.4 Å². The second-order valence-electron chi connectivity index (χ2n) is 4.84. The molecular weight excluding hydrogens is 262 g/mol. The van der Waals surface area contributed by atoms with Gasteiger partial charge in [0.05, 0.1) is 11.1 Å². The second kappa shape index (κ2) is 5.15. The van der Waals surface area contributed by atoms with Crippen LogP contribution < -0.4 is 11.3 Å². The first kappa shape index (κ1) is 13.8. The molecule has 1 aromatic heterocycles. The molecule has 19 heavy (non-hydrogen) atoms. The maximum atomic E-state index is 11.9. The first-order valence-corrected chi connectivity index (χ1v) is 6.43. The van der Waals surface area contributed by atoms with Gasteiger partial charge in [0.2, 0.25) is 0 Å².